The van der Waals surface area contributed by atoms with Crippen LogP contribution < -0.4 is 16.0 Å². The van der Waals surface area contributed by atoms with Gasteiger partial charge in [0.1, 0.15) is 5.82 Å². The highest BCUT2D eigenvalue weighted by atomic mass is 19.1. The minimum Gasteiger partial charge on any atom is -0.368 e. The molecule has 94 valence electrons. The molecule has 0 heterocycles. The van der Waals surface area contributed by atoms with E-state index in [0.717, 1.165) is 5.56 Å². The monoisotopic (exact) mass is 239 g/mol. The average molecular weight is 239 g/mol. The Hall–Kier alpha value is -1.62. The number of primary amides is 1. The van der Waals surface area contributed by atoms with Crippen LogP contribution in [0.2, 0.25) is 0 Å². The molecule has 5 heteroatoms. The van der Waals surface area contributed by atoms with Gasteiger partial charge in [-0.3, -0.25) is 4.79 Å². The highest BCUT2D eigenvalue weighted by Crippen LogP contribution is 2.18. The van der Waals surface area contributed by atoms with Gasteiger partial charge in [0.15, 0.2) is 0 Å². The molecule has 3 N–H and O–H groups in total. The summed E-state index contributed by atoms with van der Waals surface area (Å²) in [5.74, 6) is -0.734. The Labute approximate surface area is 101 Å². The maximum Gasteiger partial charge on any atom is 0.236 e. The summed E-state index contributed by atoms with van der Waals surface area (Å²) in [6.07, 6.45) is 0. The molecule has 0 aliphatic carbocycles. The van der Waals surface area contributed by atoms with E-state index in [2.05, 4.69) is 5.32 Å². The number of hydrogen-bond acceptors (Lipinski definition) is 3. The molecular formula is C12H18FN3O. The van der Waals surface area contributed by atoms with Crippen molar-refractivity contribution in [2.24, 2.45) is 5.73 Å². The van der Waals surface area contributed by atoms with Crippen molar-refractivity contribution in [3.05, 3.63) is 29.6 Å². The predicted molar refractivity (Wildman–Crippen MR) is 66.2 cm³/mol. The standard InChI is InChI=1S/C12H18FN3O/c1-3-16(8-12(14)17)11-5-9(7-15-2)4-10(13)6-11/h4-6,15H,3,7-8H2,1-2H3,(H2,14,17). The minimum atomic E-state index is -0.425. The van der Waals surface area contributed by atoms with Crippen molar-refractivity contribution in [3.63, 3.8) is 0 Å². The fourth-order valence-electron chi connectivity index (χ4n) is 1.70. The highest BCUT2D eigenvalue weighted by molar-refractivity contribution is 5.79. The van der Waals surface area contributed by atoms with Crippen LogP contribution in [0.3, 0.4) is 0 Å². The van der Waals surface area contributed by atoms with Gasteiger partial charge >= 0.3 is 0 Å². The van der Waals surface area contributed by atoms with E-state index >= 15 is 0 Å². The summed E-state index contributed by atoms with van der Waals surface area (Å²) >= 11 is 0. The van der Waals surface area contributed by atoms with Crippen LogP contribution in [0.4, 0.5) is 10.1 Å². The first kappa shape index (κ1) is 13.4. The first-order chi connectivity index (χ1) is 8.06. The van der Waals surface area contributed by atoms with Crippen LogP contribution in [0.15, 0.2) is 18.2 Å². The van der Waals surface area contributed by atoms with Crippen molar-refractivity contribution in [2.45, 2.75) is 13.5 Å². The summed E-state index contributed by atoms with van der Waals surface area (Å²) in [4.78, 5) is 12.7. The van der Waals surface area contributed by atoms with E-state index in [9.17, 15) is 9.18 Å². The number of nitrogens with two attached hydrogens (primary N) is 1. The summed E-state index contributed by atoms with van der Waals surface area (Å²) in [5, 5.41) is 2.96. The summed E-state index contributed by atoms with van der Waals surface area (Å²) in [5.41, 5.74) is 6.67. The Bertz CT molecular complexity index is 395. The molecule has 0 atom stereocenters. The second-order valence-corrected chi connectivity index (χ2v) is 3.83. The van der Waals surface area contributed by atoms with Crippen LogP contribution in [-0.2, 0) is 11.3 Å². The van der Waals surface area contributed by atoms with E-state index < -0.39 is 5.91 Å². The number of carbonyl (C=O) groups excluding carboxylic acids is 1. The first-order valence-corrected chi connectivity index (χ1v) is 5.54. The fourth-order valence-corrected chi connectivity index (χ4v) is 1.70. The van der Waals surface area contributed by atoms with E-state index in [4.69, 9.17) is 5.73 Å². The van der Waals surface area contributed by atoms with Crippen LogP contribution in [0.1, 0.15) is 12.5 Å². The highest BCUT2D eigenvalue weighted by Gasteiger charge is 2.09. The second-order valence-electron chi connectivity index (χ2n) is 3.83. The topological polar surface area (TPSA) is 58.4 Å². The number of rotatable bonds is 6. The average Bonchev–Trinajstić information content (AvgIpc) is 2.25. The van der Waals surface area contributed by atoms with Crippen molar-refractivity contribution < 1.29 is 9.18 Å². The number of nitrogens with zero attached hydrogens (tertiary/aromatic N) is 1. The molecule has 17 heavy (non-hydrogen) atoms. The zero-order valence-electron chi connectivity index (χ0n) is 10.2. The fraction of sp³-hybridized carbons (Fsp3) is 0.417. The van der Waals surface area contributed by atoms with Gasteiger partial charge in [0.2, 0.25) is 5.91 Å². The number of amides is 1. The van der Waals surface area contributed by atoms with Gasteiger partial charge in [-0.2, -0.15) is 0 Å². The third kappa shape index (κ3) is 4.03. The second kappa shape index (κ2) is 6.20. The quantitative estimate of drug-likeness (QED) is 0.774. The molecule has 0 bridgehead atoms. The lowest BCUT2D eigenvalue weighted by Gasteiger charge is -2.22. The van der Waals surface area contributed by atoms with Gasteiger partial charge in [-0.15, -0.1) is 0 Å². The van der Waals surface area contributed by atoms with Crippen LogP contribution in [0, 0.1) is 5.82 Å². The zero-order chi connectivity index (χ0) is 12.8. The third-order valence-corrected chi connectivity index (χ3v) is 2.42. The Morgan fingerprint density at radius 1 is 1.47 bits per heavy atom. The molecule has 0 aliphatic rings. The predicted octanol–water partition coefficient (Wildman–Crippen LogP) is 0.857. The molecule has 0 unspecified atom stereocenters. The molecule has 0 aromatic heterocycles. The number of anilines is 1. The molecule has 0 saturated carbocycles. The van der Waals surface area contributed by atoms with E-state index in [1.807, 2.05) is 13.0 Å². The maximum absolute atomic E-state index is 13.4. The van der Waals surface area contributed by atoms with Crippen LogP contribution in [0.5, 0.6) is 0 Å². The van der Waals surface area contributed by atoms with Gasteiger partial charge in [0.05, 0.1) is 6.54 Å². The van der Waals surface area contributed by atoms with E-state index in [1.165, 1.54) is 12.1 Å². The zero-order valence-corrected chi connectivity index (χ0v) is 10.2. The molecule has 0 radical (unpaired) electrons. The number of hydrogen-bond donors (Lipinski definition) is 2. The van der Waals surface area contributed by atoms with Crippen molar-refractivity contribution in [3.8, 4) is 0 Å². The molecule has 0 aliphatic heterocycles. The number of benzene rings is 1. The van der Waals surface area contributed by atoms with Crippen LogP contribution >= 0.6 is 0 Å². The molecule has 1 amide bonds. The molecule has 0 saturated heterocycles. The maximum atomic E-state index is 13.4. The molecule has 0 fully saturated rings. The van der Waals surface area contributed by atoms with Gasteiger partial charge in [-0.25, -0.2) is 4.39 Å². The van der Waals surface area contributed by atoms with Gasteiger partial charge in [0, 0.05) is 18.8 Å². The summed E-state index contributed by atoms with van der Waals surface area (Å²) < 4.78 is 13.4. The Balaban J connectivity index is 2.97. The van der Waals surface area contributed by atoms with Crippen LogP contribution in [-0.4, -0.2) is 26.0 Å². The summed E-state index contributed by atoms with van der Waals surface area (Å²) in [6.45, 7) is 3.18. The number of halogens is 1. The van der Waals surface area contributed by atoms with Gasteiger partial charge < -0.3 is 16.0 Å². The van der Waals surface area contributed by atoms with Gasteiger partial charge in [0.25, 0.3) is 0 Å². The number of carbonyl (C=O) groups is 1. The lowest BCUT2D eigenvalue weighted by atomic mass is 10.1. The molecule has 1 aromatic carbocycles. The summed E-state index contributed by atoms with van der Waals surface area (Å²) in [6, 6.07) is 4.73. The first-order valence-electron chi connectivity index (χ1n) is 5.54. The third-order valence-electron chi connectivity index (χ3n) is 2.42. The Morgan fingerprint density at radius 2 is 2.18 bits per heavy atom. The number of likely N-dealkylation sites (N-methyl/N-ethyl adjacent to an activating group) is 1. The lowest BCUT2D eigenvalue weighted by Crippen LogP contribution is -2.33. The van der Waals surface area contributed by atoms with Gasteiger partial charge in [-0.1, -0.05) is 0 Å². The van der Waals surface area contributed by atoms with E-state index in [0.29, 0.717) is 18.8 Å². The number of nitrogens with one attached hydrogen (secondary N) is 1. The van der Waals surface area contributed by atoms with Gasteiger partial charge in [-0.05, 0) is 37.7 Å². The molecule has 4 nitrogen and oxygen atoms in total. The Kier molecular flexibility index (Phi) is 4.90. The molecule has 0 spiro atoms. The smallest absolute Gasteiger partial charge is 0.236 e. The normalized spacial score (nSPS) is 10.3. The SMILES string of the molecule is CCN(CC(N)=O)c1cc(F)cc(CNC)c1. The van der Waals surface area contributed by atoms with E-state index in [-0.39, 0.29) is 12.4 Å². The summed E-state index contributed by atoms with van der Waals surface area (Å²) in [7, 11) is 1.80. The Morgan fingerprint density at radius 3 is 2.71 bits per heavy atom. The molecule has 1 rings (SSSR count). The van der Waals surface area contributed by atoms with Crippen molar-refractivity contribution in [1.82, 2.24) is 5.32 Å². The largest absolute Gasteiger partial charge is 0.368 e. The van der Waals surface area contributed by atoms with Crippen molar-refractivity contribution in [2.75, 3.05) is 25.0 Å². The van der Waals surface area contributed by atoms with Crippen molar-refractivity contribution in [1.29, 1.82) is 0 Å². The lowest BCUT2D eigenvalue weighted by molar-refractivity contribution is -0.116. The van der Waals surface area contributed by atoms with Crippen molar-refractivity contribution >= 4 is 11.6 Å². The van der Waals surface area contributed by atoms with E-state index in [1.54, 1.807) is 11.9 Å². The minimum absolute atomic E-state index is 0.0962. The molecular weight excluding hydrogens is 221 g/mol. The van der Waals surface area contributed by atoms with Crippen LogP contribution in [0.25, 0.3) is 0 Å². The molecule has 1 aromatic rings.